The Morgan fingerprint density at radius 2 is 1.60 bits per heavy atom. The van der Waals surface area contributed by atoms with Gasteiger partial charge in [-0.15, -0.1) is 0 Å². The molecule has 0 radical (unpaired) electrons. The molecule has 1 heterocycles. The van der Waals surface area contributed by atoms with Gasteiger partial charge in [0.2, 0.25) is 0 Å². The van der Waals surface area contributed by atoms with Crippen molar-refractivity contribution in [2.24, 2.45) is 0 Å². The fraction of sp³-hybridized carbons (Fsp3) is 0.0833. The van der Waals surface area contributed by atoms with E-state index in [2.05, 4.69) is 15.2 Å². The number of anilines is 2. The van der Waals surface area contributed by atoms with E-state index in [0.717, 1.165) is 6.07 Å². The molecule has 0 aliphatic carbocycles. The molecule has 0 saturated carbocycles. The molecule has 0 aliphatic rings. The van der Waals surface area contributed by atoms with Crippen LogP contribution in [0.5, 0.6) is 5.75 Å². The summed E-state index contributed by atoms with van der Waals surface area (Å²) >= 11 is 0. The Balaban J connectivity index is 1.76. The molecule has 0 bridgehead atoms. The highest BCUT2D eigenvalue weighted by atomic mass is 32.2. The third kappa shape index (κ3) is 4.58. The molecule has 0 unspecified atom stereocenters. The van der Waals surface area contributed by atoms with Crippen LogP contribution in [0.1, 0.15) is 21.5 Å². The Bertz CT molecular complexity index is 1580. The van der Waals surface area contributed by atoms with Crippen LogP contribution in [0.25, 0.3) is 10.9 Å². The number of pyridine rings is 1. The second-order valence-electron chi connectivity index (χ2n) is 7.59. The molecule has 0 spiro atoms. The average Bonchev–Trinajstić information content (AvgIpc) is 2.83. The van der Waals surface area contributed by atoms with E-state index in [1.807, 2.05) is 0 Å². The first-order valence-corrected chi connectivity index (χ1v) is 11.7. The van der Waals surface area contributed by atoms with Gasteiger partial charge in [-0.1, -0.05) is 12.1 Å². The van der Waals surface area contributed by atoms with E-state index in [-0.39, 0.29) is 39.0 Å². The Kier molecular flexibility index (Phi) is 6.27. The fourth-order valence-corrected chi connectivity index (χ4v) is 4.62. The second kappa shape index (κ2) is 9.18. The van der Waals surface area contributed by atoms with Gasteiger partial charge in [0.05, 0.1) is 22.5 Å². The lowest BCUT2D eigenvalue weighted by molar-refractivity contribution is 0.0598. The number of benzene rings is 3. The highest BCUT2D eigenvalue weighted by molar-refractivity contribution is 7.92. The van der Waals surface area contributed by atoms with Crippen LogP contribution in [-0.2, 0) is 14.9 Å². The number of rotatable bonds is 6. The minimum atomic E-state index is -4.48. The molecular weight excluding hydrogens is 480 g/mol. The van der Waals surface area contributed by atoms with Gasteiger partial charge in [0.25, 0.3) is 10.0 Å². The lowest BCUT2D eigenvalue weighted by Crippen LogP contribution is -2.17. The second-order valence-corrected chi connectivity index (χ2v) is 9.24. The molecule has 8 nitrogen and oxygen atoms in total. The summed E-state index contributed by atoms with van der Waals surface area (Å²) in [5, 5.41) is 10.7. The molecule has 11 heteroatoms. The molecule has 180 valence electrons. The van der Waals surface area contributed by atoms with Crippen LogP contribution in [0.15, 0.2) is 65.7 Å². The molecule has 0 saturated heterocycles. The highest BCUT2D eigenvalue weighted by Crippen LogP contribution is 2.35. The van der Waals surface area contributed by atoms with Crippen molar-refractivity contribution in [2.45, 2.75) is 18.7 Å². The van der Waals surface area contributed by atoms with Gasteiger partial charge in [0, 0.05) is 22.7 Å². The highest BCUT2D eigenvalue weighted by Gasteiger charge is 2.27. The van der Waals surface area contributed by atoms with Crippen molar-refractivity contribution >= 4 is 38.3 Å². The third-order valence-electron chi connectivity index (χ3n) is 5.37. The summed E-state index contributed by atoms with van der Waals surface area (Å²) in [5.74, 6) is -2.83. The van der Waals surface area contributed by atoms with E-state index in [1.165, 1.54) is 68.6 Å². The standard InChI is InChI=1S/C24H19F2N3O5S/c1-13-17(25)7-3-9-19(13)28-34-24(31)16-12-21(23(30)15-6-5-11-27-22(15)16)35(32,33)29-20-10-4-8-18(26)14(20)2/h3-12,28-30H,1-2H3. The SMILES string of the molecule is Cc1c(F)cccc1NOC(=O)c1cc(S(=O)(=O)Nc2cccc(F)c2C)c(O)c2cccnc12. The summed E-state index contributed by atoms with van der Waals surface area (Å²) in [7, 11) is -4.48. The van der Waals surface area contributed by atoms with Crippen LogP contribution >= 0.6 is 0 Å². The predicted octanol–water partition coefficient (Wildman–Crippen LogP) is 4.82. The number of phenols is 1. The maximum atomic E-state index is 13.9. The van der Waals surface area contributed by atoms with Gasteiger partial charge in [0.1, 0.15) is 22.3 Å². The van der Waals surface area contributed by atoms with Crippen LogP contribution in [0, 0.1) is 25.5 Å². The number of aromatic nitrogens is 1. The first-order valence-electron chi connectivity index (χ1n) is 10.2. The molecule has 0 aliphatic heterocycles. The Morgan fingerprint density at radius 1 is 0.971 bits per heavy atom. The van der Waals surface area contributed by atoms with E-state index in [9.17, 15) is 27.1 Å². The summed E-state index contributed by atoms with van der Waals surface area (Å²) in [4.78, 5) is 21.4. The zero-order valence-electron chi connectivity index (χ0n) is 18.5. The van der Waals surface area contributed by atoms with Gasteiger partial charge in [0.15, 0.2) is 0 Å². The van der Waals surface area contributed by atoms with Gasteiger partial charge in [-0.3, -0.25) is 9.71 Å². The monoisotopic (exact) mass is 499 g/mol. The molecule has 3 N–H and O–H groups in total. The Hall–Kier alpha value is -4.25. The largest absolute Gasteiger partial charge is 0.506 e. The number of carbonyl (C=O) groups excluding carboxylic acids is 1. The van der Waals surface area contributed by atoms with E-state index >= 15 is 0 Å². The first kappa shape index (κ1) is 23.9. The van der Waals surface area contributed by atoms with Crippen LogP contribution in [0.3, 0.4) is 0 Å². The van der Waals surface area contributed by atoms with Crippen LogP contribution < -0.4 is 10.2 Å². The number of nitrogens with one attached hydrogen (secondary N) is 2. The molecule has 0 amide bonds. The van der Waals surface area contributed by atoms with E-state index in [4.69, 9.17) is 4.84 Å². The minimum Gasteiger partial charge on any atom is -0.506 e. The van der Waals surface area contributed by atoms with Gasteiger partial charge < -0.3 is 9.94 Å². The van der Waals surface area contributed by atoms with Crippen LogP contribution in [0.4, 0.5) is 20.2 Å². The van der Waals surface area contributed by atoms with E-state index in [0.29, 0.717) is 0 Å². The van der Waals surface area contributed by atoms with Gasteiger partial charge in [-0.25, -0.2) is 27.5 Å². The molecule has 3 aromatic carbocycles. The summed E-state index contributed by atoms with van der Waals surface area (Å²) < 4.78 is 56.2. The quantitative estimate of drug-likeness (QED) is 0.326. The zero-order valence-corrected chi connectivity index (χ0v) is 19.3. The molecule has 35 heavy (non-hydrogen) atoms. The maximum Gasteiger partial charge on any atom is 0.365 e. The summed E-state index contributed by atoms with van der Waals surface area (Å²) in [6.45, 7) is 2.87. The van der Waals surface area contributed by atoms with Crippen molar-refractivity contribution in [3.05, 3.63) is 89.1 Å². The van der Waals surface area contributed by atoms with E-state index < -0.39 is 38.3 Å². The van der Waals surface area contributed by atoms with Crippen molar-refractivity contribution in [3.8, 4) is 5.75 Å². The van der Waals surface area contributed by atoms with Gasteiger partial charge in [-0.2, -0.15) is 0 Å². The van der Waals surface area contributed by atoms with E-state index in [1.54, 1.807) is 0 Å². The molecule has 1 aromatic heterocycles. The van der Waals surface area contributed by atoms with Crippen molar-refractivity contribution in [3.63, 3.8) is 0 Å². The number of halogens is 2. The number of fused-ring (bicyclic) bond motifs is 1. The molecule has 4 aromatic rings. The van der Waals surface area contributed by atoms with Crippen molar-refractivity contribution < 1.29 is 31.9 Å². The minimum absolute atomic E-state index is 0.0198. The number of nitrogens with zero attached hydrogens (tertiary/aromatic N) is 1. The Labute approximate surface area is 199 Å². The normalized spacial score (nSPS) is 11.3. The fourth-order valence-electron chi connectivity index (χ4n) is 3.36. The lowest BCUT2D eigenvalue weighted by Gasteiger charge is -2.15. The topological polar surface area (TPSA) is 118 Å². The summed E-state index contributed by atoms with van der Waals surface area (Å²) in [5.41, 5.74) is 2.45. The number of carbonyl (C=O) groups is 1. The smallest absolute Gasteiger partial charge is 0.365 e. The lowest BCUT2D eigenvalue weighted by atomic mass is 10.1. The molecular formula is C24H19F2N3O5S. The zero-order chi connectivity index (χ0) is 25.3. The summed E-state index contributed by atoms with van der Waals surface area (Å²) in [6, 6.07) is 11.7. The molecule has 0 atom stereocenters. The third-order valence-corrected chi connectivity index (χ3v) is 6.75. The first-order chi connectivity index (χ1) is 16.6. The molecule has 0 fully saturated rings. The molecule has 4 rings (SSSR count). The number of phenolic OH excluding ortho intramolecular Hbond substituents is 1. The van der Waals surface area contributed by atoms with Crippen molar-refractivity contribution in [1.82, 2.24) is 4.98 Å². The average molecular weight is 499 g/mol. The Morgan fingerprint density at radius 3 is 2.29 bits per heavy atom. The van der Waals surface area contributed by atoms with Gasteiger partial charge in [-0.05, 0) is 56.3 Å². The predicted molar refractivity (Wildman–Crippen MR) is 126 cm³/mol. The number of sulfonamides is 1. The number of hydrogen-bond donors (Lipinski definition) is 3. The van der Waals surface area contributed by atoms with Crippen molar-refractivity contribution in [1.29, 1.82) is 0 Å². The number of hydrogen-bond acceptors (Lipinski definition) is 7. The van der Waals surface area contributed by atoms with Crippen molar-refractivity contribution in [2.75, 3.05) is 10.2 Å². The maximum absolute atomic E-state index is 13.9. The number of aromatic hydroxyl groups is 1. The van der Waals surface area contributed by atoms with Gasteiger partial charge >= 0.3 is 5.97 Å². The summed E-state index contributed by atoms with van der Waals surface area (Å²) in [6.07, 6.45) is 1.35. The van der Waals surface area contributed by atoms with Crippen LogP contribution in [0.2, 0.25) is 0 Å². The van der Waals surface area contributed by atoms with Crippen LogP contribution in [-0.4, -0.2) is 24.5 Å².